The third-order valence-electron chi connectivity index (χ3n) is 1.93. The van der Waals surface area contributed by atoms with E-state index in [0.29, 0.717) is 11.3 Å². The summed E-state index contributed by atoms with van der Waals surface area (Å²) in [5.74, 6) is 0.627. The lowest BCUT2D eigenvalue weighted by Crippen LogP contribution is -2.26. The van der Waals surface area contributed by atoms with Gasteiger partial charge in [-0.1, -0.05) is 12.1 Å². The van der Waals surface area contributed by atoms with Crippen LogP contribution in [0.3, 0.4) is 0 Å². The van der Waals surface area contributed by atoms with Gasteiger partial charge in [0.1, 0.15) is 5.75 Å². The number of hydrogen-bond donors (Lipinski definition) is 3. The molecule has 0 saturated heterocycles. The lowest BCUT2D eigenvalue weighted by atomic mass is 10.1. The van der Waals surface area contributed by atoms with Crippen molar-refractivity contribution in [1.82, 2.24) is 5.32 Å². The number of aliphatic hydroxyl groups is 1. The smallest absolute Gasteiger partial charge is 0.404 e. The van der Waals surface area contributed by atoms with Crippen LogP contribution in [0.5, 0.6) is 5.75 Å². The Hall–Kier alpha value is -1.75. The molecule has 1 aromatic carbocycles. The molecule has 1 aromatic rings. The van der Waals surface area contributed by atoms with Gasteiger partial charge in [0, 0.05) is 0 Å². The van der Waals surface area contributed by atoms with E-state index in [1.165, 1.54) is 7.11 Å². The standard InChI is InChI=1S/C10H13NO4/c1-15-8-4-2-3-7(5-8)9(12)6-11-10(13)14/h2-5,9,11-12H,6H2,1H3,(H,13,14)/t9-/m1/s1. The fourth-order valence-corrected chi connectivity index (χ4v) is 1.15. The minimum atomic E-state index is -1.16. The second kappa shape index (κ2) is 5.21. The first-order valence-corrected chi connectivity index (χ1v) is 4.42. The number of hydrogen-bond acceptors (Lipinski definition) is 3. The number of methoxy groups -OCH3 is 1. The summed E-state index contributed by atoms with van der Waals surface area (Å²) in [6.07, 6.45) is -2.02. The van der Waals surface area contributed by atoms with Crippen LogP contribution in [0.4, 0.5) is 4.79 Å². The second-order valence-corrected chi connectivity index (χ2v) is 2.98. The van der Waals surface area contributed by atoms with Crippen molar-refractivity contribution in [3.63, 3.8) is 0 Å². The molecule has 0 aliphatic carbocycles. The molecule has 0 aliphatic heterocycles. The van der Waals surface area contributed by atoms with Gasteiger partial charge in [-0.3, -0.25) is 0 Å². The maximum Gasteiger partial charge on any atom is 0.404 e. The minimum Gasteiger partial charge on any atom is -0.497 e. The van der Waals surface area contributed by atoms with Gasteiger partial charge in [0.05, 0.1) is 19.8 Å². The number of nitrogens with one attached hydrogen (secondary N) is 1. The molecule has 0 radical (unpaired) electrons. The molecule has 15 heavy (non-hydrogen) atoms. The quantitative estimate of drug-likeness (QED) is 0.694. The summed E-state index contributed by atoms with van der Waals surface area (Å²) < 4.78 is 4.98. The zero-order valence-corrected chi connectivity index (χ0v) is 8.30. The summed E-state index contributed by atoms with van der Waals surface area (Å²) in [5.41, 5.74) is 0.614. The third kappa shape index (κ3) is 3.47. The lowest BCUT2D eigenvalue weighted by Gasteiger charge is -2.11. The minimum absolute atomic E-state index is 0.0392. The molecule has 5 nitrogen and oxygen atoms in total. The number of ether oxygens (including phenoxy) is 1. The lowest BCUT2D eigenvalue weighted by molar-refractivity contribution is 0.158. The van der Waals surface area contributed by atoms with Crippen molar-refractivity contribution in [2.75, 3.05) is 13.7 Å². The average Bonchev–Trinajstić information content (AvgIpc) is 2.26. The Bertz CT molecular complexity index is 340. The Morgan fingerprint density at radius 3 is 2.93 bits per heavy atom. The van der Waals surface area contributed by atoms with E-state index in [1.54, 1.807) is 24.3 Å². The third-order valence-corrected chi connectivity index (χ3v) is 1.93. The predicted octanol–water partition coefficient (Wildman–Crippen LogP) is 0.996. The summed E-state index contributed by atoms with van der Waals surface area (Å²) in [7, 11) is 1.53. The van der Waals surface area contributed by atoms with Crippen LogP contribution >= 0.6 is 0 Å². The van der Waals surface area contributed by atoms with Gasteiger partial charge in [-0.05, 0) is 17.7 Å². The number of aliphatic hydroxyl groups excluding tert-OH is 1. The highest BCUT2D eigenvalue weighted by Gasteiger charge is 2.09. The maximum absolute atomic E-state index is 10.2. The van der Waals surface area contributed by atoms with E-state index in [0.717, 1.165) is 0 Å². The first-order chi connectivity index (χ1) is 7.13. The van der Waals surface area contributed by atoms with E-state index >= 15 is 0 Å². The molecule has 0 saturated carbocycles. The van der Waals surface area contributed by atoms with Crippen LogP contribution in [0.2, 0.25) is 0 Å². The molecular weight excluding hydrogens is 198 g/mol. The summed E-state index contributed by atoms with van der Waals surface area (Å²) in [6.45, 7) is -0.0392. The van der Waals surface area contributed by atoms with Crippen molar-refractivity contribution < 1.29 is 19.7 Å². The Balaban J connectivity index is 2.64. The van der Waals surface area contributed by atoms with E-state index in [9.17, 15) is 9.90 Å². The van der Waals surface area contributed by atoms with Crippen molar-refractivity contribution in [2.45, 2.75) is 6.10 Å². The molecule has 0 aromatic heterocycles. The summed E-state index contributed by atoms with van der Waals surface area (Å²) in [6, 6.07) is 6.85. The Morgan fingerprint density at radius 2 is 2.33 bits per heavy atom. The number of rotatable bonds is 4. The Kier molecular flexibility index (Phi) is 3.93. The van der Waals surface area contributed by atoms with Gasteiger partial charge in [-0.25, -0.2) is 4.79 Å². The van der Waals surface area contributed by atoms with Crippen molar-refractivity contribution in [3.05, 3.63) is 29.8 Å². The fourth-order valence-electron chi connectivity index (χ4n) is 1.15. The highest BCUT2D eigenvalue weighted by molar-refractivity contribution is 5.64. The van der Waals surface area contributed by atoms with Crippen LogP contribution in [0, 0.1) is 0 Å². The second-order valence-electron chi connectivity index (χ2n) is 2.98. The van der Waals surface area contributed by atoms with Gasteiger partial charge in [-0.15, -0.1) is 0 Å². The van der Waals surface area contributed by atoms with Crippen LogP contribution < -0.4 is 10.1 Å². The van der Waals surface area contributed by atoms with Crippen molar-refractivity contribution >= 4 is 6.09 Å². The van der Waals surface area contributed by atoms with E-state index in [4.69, 9.17) is 9.84 Å². The highest BCUT2D eigenvalue weighted by Crippen LogP contribution is 2.18. The van der Waals surface area contributed by atoms with Crippen LogP contribution in [0.15, 0.2) is 24.3 Å². The van der Waals surface area contributed by atoms with Crippen molar-refractivity contribution in [1.29, 1.82) is 0 Å². The topological polar surface area (TPSA) is 78.8 Å². The van der Waals surface area contributed by atoms with Crippen molar-refractivity contribution in [2.24, 2.45) is 0 Å². The van der Waals surface area contributed by atoms with Gasteiger partial charge in [0.15, 0.2) is 0 Å². The number of amides is 1. The predicted molar refractivity (Wildman–Crippen MR) is 54.0 cm³/mol. The first-order valence-electron chi connectivity index (χ1n) is 4.42. The van der Waals surface area contributed by atoms with Gasteiger partial charge in [0.25, 0.3) is 0 Å². The number of carboxylic acid groups (broad SMARTS) is 1. The first kappa shape index (κ1) is 11.3. The number of benzene rings is 1. The molecular formula is C10H13NO4. The largest absolute Gasteiger partial charge is 0.497 e. The summed E-state index contributed by atoms with van der Waals surface area (Å²) in [5, 5.41) is 20.1. The molecule has 1 rings (SSSR count). The Morgan fingerprint density at radius 1 is 1.60 bits per heavy atom. The molecule has 0 fully saturated rings. The van der Waals surface area contributed by atoms with Crippen LogP contribution in [-0.2, 0) is 0 Å². The molecule has 1 atom stereocenters. The SMILES string of the molecule is COc1cccc([C@H](O)CNC(=O)O)c1. The van der Waals surface area contributed by atoms with E-state index in [1.807, 2.05) is 0 Å². The average molecular weight is 211 g/mol. The van der Waals surface area contributed by atoms with Crippen LogP contribution in [0.1, 0.15) is 11.7 Å². The zero-order valence-electron chi connectivity index (χ0n) is 8.30. The molecule has 0 unspecified atom stereocenters. The molecule has 0 aliphatic rings. The van der Waals surface area contributed by atoms with Gasteiger partial charge in [-0.2, -0.15) is 0 Å². The summed E-state index contributed by atoms with van der Waals surface area (Å²) >= 11 is 0. The zero-order chi connectivity index (χ0) is 11.3. The van der Waals surface area contributed by atoms with Gasteiger partial charge < -0.3 is 20.3 Å². The van der Waals surface area contributed by atoms with Crippen LogP contribution in [-0.4, -0.2) is 30.0 Å². The monoisotopic (exact) mass is 211 g/mol. The normalized spacial score (nSPS) is 11.9. The maximum atomic E-state index is 10.2. The number of carbonyl (C=O) groups is 1. The molecule has 5 heteroatoms. The molecule has 3 N–H and O–H groups in total. The highest BCUT2D eigenvalue weighted by atomic mass is 16.5. The molecule has 0 heterocycles. The van der Waals surface area contributed by atoms with Gasteiger partial charge in [0.2, 0.25) is 0 Å². The van der Waals surface area contributed by atoms with Crippen LogP contribution in [0.25, 0.3) is 0 Å². The molecule has 1 amide bonds. The van der Waals surface area contributed by atoms with E-state index < -0.39 is 12.2 Å². The fraction of sp³-hybridized carbons (Fsp3) is 0.300. The Labute approximate surface area is 87.3 Å². The molecule has 0 spiro atoms. The molecule has 82 valence electrons. The van der Waals surface area contributed by atoms with E-state index in [2.05, 4.69) is 5.32 Å². The molecule has 0 bridgehead atoms. The van der Waals surface area contributed by atoms with Gasteiger partial charge >= 0.3 is 6.09 Å². The summed E-state index contributed by atoms with van der Waals surface area (Å²) in [4.78, 5) is 10.2. The van der Waals surface area contributed by atoms with E-state index in [-0.39, 0.29) is 6.54 Å². The van der Waals surface area contributed by atoms with Crippen molar-refractivity contribution in [3.8, 4) is 5.75 Å².